The minimum Gasteiger partial charge on any atom is -0.478 e. The van der Waals surface area contributed by atoms with Crippen LogP contribution in [0.1, 0.15) is 40.7 Å². The van der Waals surface area contributed by atoms with Crippen LogP contribution in [0.25, 0.3) is 0 Å². The van der Waals surface area contributed by atoms with Gasteiger partial charge in [-0.25, -0.2) is 4.79 Å². The number of aromatic carboxylic acids is 1. The fourth-order valence-electron chi connectivity index (χ4n) is 3.59. The van der Waals surface area contributed by atoms with Crippen LogP contribution < -0.4 is 0 Å². The van der Waals surface area contributed by atoms with Gasteiger partial charge in [0.15, 0.2) is 0 Å². The second-order valence-electron chi connectivity index (χ2n) is 6.55. The first-order chi connectivity index (χ1) is 12.1. The van der Waals surface area contributed by atoms with Crippen LogP contribution in [0.15, 0.2) is 54.6 Å². The van der Waals surface area contributed by atoms with Crippen LogP contribution in [0.3, 0.4) is 0 Å². The van der Waals surface area contributed by atoms with E-state index in [0.717, 1.165) is 32.2 Å². The van der Waals surface area contributed by atoms with Gasteiger partial charge in [-0.3, -0.25) is 4.79 Å². The molecule has 1 aliphatic rings. The molecule has 0 radical (unpaired) electrons. The minimum absolute atomic E-state index is 0.0317. The van der Waals surface area contributed by atoms with E-state index in [0.29, 0.717) is 5.56 Å². The predicted molar refractivity (Wildman–Crippen MR) is 96.6 cm³/mol. The second kappa shape index (κ2) is 7.97. The number of carbonyl (C=O) groups is 2. The van der Waals surface area contributed by atoms with Crippen LogP contribution in [0.4, 0.5) is 0 Å². The molecule has 1 unspecified atom stereocenters. The van der Waals surface area contributed by atoms with E-state index in [2.05, 4.69) is 12.1 Å². The lowest BCUT2D eigenvalue weighted by Gasteiger charge is -2.25. The normalized spacial score (nSPS) is 16.8. The van der Waals surface area contributed by atoms with E-state index in [1.165, 1.54) is 5.56 Å². The van der Waals surface area contributed by atoms with Gasteiger partial charge in [0.2, 0.25) is 5.91 Å². The molecule has 3 rings (SSSR count). The molecule has 2 aromatic rings. The third-order valence-corrected chi connectivity index (χ3v) is 4.90. The second-order valence-corrected chi connectivity index (χ2v) is 6.55. The minimum atomic E-state index is -0.981. The highest BCUT2D eigenvalue weighted by atomic mass is 16.4. The summed E-state index contributed by atoms with van der Waals surface area (Å²) in [5, 5.41) is 9.28. The van der Waals surface area contributed by atoms with E-state index in [1.807, 2.05) is 23.1 Å². The van der Waals surface area contributed by atoms with Gasteiger partial charge in [-0.05, 0) is 42.9 Å². The van der Waals surface area contributed by atoms with Gasteiger partial charge in [-0.2, -0.15) is 0 Å². The lowest BCUT2D eigenvalue weighted by atomic mass is 10.0. The molecule has 0 bridgehead atoms. The molecule has 4 nitrogen and oxygen atoms in total. The van der Waals surface area contributed by atoms with E-state index < -0.39 is 5.97 Å². The number of likely N-dealkylation sites (tertiary alicyclic amines) is 1. The summed E-state index contributed by atoms with van der Waals surface area (Å²) in [5.41, 5.74) is 2.10. The maximum absolute atomic E-state index is 12.7. The summed E-state index contributed by atoms with van der Waals surface area (Å²) < 4.78 is 0. The highest BCUT2D eigenvalue weighted by molar-refractivity contribution is 5.91. The van der Waals surface area contributed by atoms with Crippen LogP contribution >= 0.6 is 0 Å². The first-order valence-corrected chi connectivity index (χ1v) is 8.80. The first kappa shape index (κ1) is 17.2. The first-order valence-electron chi connectivity index (χ1n) is 8.80. The van der Waals surface area contributed by atoms with Crippen molar-refractivity contribution in [3.8, 4) is 0 Å². The summed E-state index contributed by atoms with van der Waals surface area (Å²) in [6, 6.07) is 17.3. The fourth-order valence-corrected chi connectivity index (χ4v) is 3.59. The van der Waals surface area contributed by atoms with Crippen molar-refractivity contribution in [2.75, 3.05) is 6.54 Å². The number of amides is 1. The van der Waals surface area contributed by atoms with Crippen molar-refractivity contribution in [3.05, 3.63) is 71.3 Å². The molecule has 1 heterocycles. The summed E-state index contributed by atoms with van der Waals surface area (Å²) in [7, 11) is 0. The SMILES string of the molecule is O=C(O)c1ccccc1CC(=O)N1CCCC1CCc1ccccc1. The van der Waals surface area contributed by atoms with Crippen molar-refractivity contribution in [3.63, 3.8) is 0 Å². The Balaban J connectivity index is 1.64. The largest absolute Gasteiger partial charge is 0.478 e. The molecule has 1 N–H and O–H groups in total. The van der Waals surface area contributed by atoms with Gasteiger partial charge >= 0.3 is 5.97 Å². The van der Waals surface area contributed by atoms with Crippen molar-refractivity contribution in [1.82, 2.24) is 4.90 Å². The number of nitrogens with zero attached hydrogens (tertiary/aromatic N) is 1. The Morgan fingerprint density at radius 2 is 1.76 bits per heavy atom. The Hall–Kier alpha value is -2.62. The average molecular weight is 337 g/mol. The lowest BCUT2D eigenvalue weighted by molar-refractivity contribution is -0.131. The molecule has 1 aliphatic heterocycles. The predicted octanol–water partition coefficient (Wildman–Crippen LogP) is 3.55. The molecule has 1 saturated heterocycles. The zero-order chi connectivity index (χ0) is 17.6. The number of aryl methyl sites for hydroxylation is 1. The van der Waals surface area contributed by atoms with Crippen LogP contribution in [0, 0.1) is 0 Å². The summed E-state index contributed by atoms with van der Waals surface area (Å²) in [6.07, 6.45) is 4.12. The highest BCUT2D eigenvalue weighted by Gasteiger charge is 2.28. The van der Waals surface area contributed by atoms with E-state index in [1.54, 1.807) is 24.3 Å². The van der Waals surface area contributed by atoms with Gasteiger partial charge in [-0.1, -0.05) is 48.5 Å². The van der Waals surface area contributed by atoms with E-state index >= 15 is 0 Å². The van der Waals surface area contributed by atoms with Gasteiger partial charge in [0.25, 0.3) is 0 Å². The smallest absolute Gasteiger partial charge is 0.335 e. The van der Waals surface area contributed by atoms with Crippen molar-refractivity contribution in [2.24, 2.45) is 0 Å². The van der Waals surface area contributed by atoms with Crippen molar-refractivity contribution in [1.29, 1.82) is 0 Å². The van der Waals surface area contributed by atoms with Crippen molar-refractivity contribution in [2.45, 2.75) is 38.1 Å². The molecular weight excluding hydrogens is 314 g/mol. The molecule has 0 aliphatic carbocycles. The third-order valence-electron chi connectivity index (χ3n) is 4.90. The molecule has 25 heavy (non-hydrogen) atoms. The topological polar surface area (TPSA) is 57.6 Å². The van der Waals surface area contributed by atoms with Crippen molar-refractivity contribution < 1.29 is 14.7 Å². The Labute approximate surface area is 148 Å². The van der Waals surface area contributed by atoms with Crippen LogP contribution in [0.5, 0.6) is 0 Å². The molecule has 4 heteroatoms. The Morgan fingerprint density at radius 1 is 1.04 bits per heavy atom. The number of benzene rings is 2. The van der Waals surface area contributed by atoms with E-state index in [9.17, 15) is 14.7 Å². The number of hydrogen-bond donors (Lipinski definition) is 1. The molecule has 0 aromatic heterocycles. The lowest BCUT2D eigenvalue weighted by Crippen LogP contribution is -2.37. The Kier molecular flexibility index (Phi) is 5.49. The molecule has 0 spiro atoms. The summed E-state index contributed by atoms with van der Waals surface area (Å²) in [4.78, 5) is 26.0. The van der Waals surface area contributed by atoms with Crippen LogP contribution in [-0.2, 0) is 17.6 Å². The summed E-state index contributed by atoms with van der Waals surface area (Å²) >= 11 is 0. The quantitative estimate of drug-likeness (QED) is 0.877. The van der Waals surface area contributed by atoms with Crippen molar-refractivity contribution >= 4 is 11.9 Å². The molecule has 2 aromatic carbocycles. The zero-order valence-electron chi connectivity index (χ0n) is 14.2. The number of carboxylic acid groups (broad SMARTS) is 1. The number of rotatable bonds is 6. The fraction of sp³-hybridized carbons (Fsp3) is 0.333. The van der Waals surface area contributed by atoms with E-state index in [4.69, 9.17) is 0 Å². The third kappa shape index (κ3) is 4.27. The number of hydrogen-bond acceptors (Lipinski definition) is 2. The maximum Gasteiger partial charge on any atom is 0.335 e. The Morgan fingerprint density at radius 3 is 2.52 bits per heavy atom. The molecule has 1 atom stereocenters. The molecule has 130 valence electrons. The average Bonchev–Trinajstić information content (AvgIpc) is 3.10. The molecule has 1 amide bonds. The van der Waals surface area contributed by atoms with Gasteiger partial charge in [0.05, 0.1) is 12.0 Å². The number of carboxylic acids is 1. The van der Waals surface area contributed by atoms with E-state index in [-0.39, 0.29) is 23.9 Å². The molecule has 0 saturated carbocycles. The standard InChI is InChI=1S/C21H23NO3/c23-20(15-17-9-4-5-11-19(17)21(24)25)22-14-6-10-18(22)13-12-16-7-2-1-3-8-16/h1-5,7-9,11,18H,6,10,12-15H2,(H,24,25). The summed E-state index contributed by atoms with van der Waals surface area (Å²) in [6.45, 7) is 0.771. The number of carbonyl (C=O) groups excluding carboxylic acids is 1. The van der Waals surface area contributed by atoms with Gasteiger partial charge in [0, 0.05) is 12.6 Å². The Bertz CT molecular complexity index is 742. The van der Waals surface area contributed by atoms with Gasteiger partial charge < -0.3 is 10.0 Å². The van der Waals surface area contributed by atoms with Crippen LogP contribution in [0.2, 0.25) is 0 Å². The van der Waals surface area contributed by atoms with Crippen LogP contribution in [-0.4, -0.2) is 34.5 Å². The summed E-state index contributed by atoms with van der Waals surface area (Å²) in [5.74, 6) is -0.949. The maximum atomic E-state index is 12.7. The zero-order valence-corrected chi connectivity index (χ0v) is 14.2. The van der Waals surface area contributed by atoms with Gasteiger partial charge in [-0.15, -0.1) is 0 Å². The monoisotopic (exact) mass is 337 g/mol. The molecular formula is C21H23NO3. The molecule has 1 fully saturated rings. The highest BCUT2D eigenvalue weighted by Crippen LogP contribution is 2.23. The van der Waals surface area contributed by atoms with Gasteiger partial charge in [0.1, 0.15) is 0 Å².